The lowest BCUT2D eigenvalue weighted by molar-refractivity contribution is 0.0221. The fraction of sp³-hybridized carbons (Fsp3) is 0.172. The summed E-state index contributed by atoms with van der Waals surface area (Å²) < 4.78 is 16.2. The third-order valence-electron chi connectivity index (χ3n) is 6.76. The molecular weight excluding hydrogens is 437 g/mol. The molecule has 1 fully saturated rings. The van der Waals surface area contributed by atoms with Crippen LogP contribution in [0.3, 0.4) is 0 Å². The average molecular weight is 464 g/mol. The summed E-state index contributed by atoms with van der Waals surface area (Å²) in [5.74, 6) is 0.704. The number of hydrazine groups is 1. The largest absolute Gasteiger partial charge is 0.271 e. The summed E-state index contributed by atoms with van der Waals surface area (Å²) in [6.07, 6.45) is 11.4. The van der Waals surface area contributed by atoms with Crippen molar-refractivity contribution in [3.05, 3.63) is 107 Å². The highest BCUT2D eigenvalue weighted by Crippen LogP contribution is 2.50. The molecule has 1 unspecified atom stereocenters. The number of rotatable bonds is 6. The van der Waals surface area contributed by atoms with Crippen LogP contribution in [0.2, 0.25) is 0 Å². The van der Waals surface area contributed by atoms with E-state index in [1.54, 1.807) is 0 Å². The van der Waals surface area contributed by atoms with E-state index in [0.29, 0.717) is 5.82 Å². The van der Waals surface area contributed by atoms with Crippen molar-refractivity contribution < 1.29 is 4.39 Å². The number of fused-ring (bicyclic) bond motifs is 1. The highest BCUT2D eigenvalue weighted by molar-refractivity contribution is 5.79. The molecule has 0 amide bonds. The molecule has 35 heavy (non-hydrogen) atoms. The highest BCUT2D eigenvalue weighted by atomic mass is 19.1. The maximum absolute atomic E-state index is 16.2. The average Bonchev–Trinajstić information content (AvgIpc) is 3.49. The quantitative estimate of drug-likeness (QED) is 0.246. The second-order valence-electron chi connectivity index (χ2n) is 8.93. The summed E-state index contributed by atoms with van der Waals surface area (Å²) >= 11 is 0. The van der Waals surface area contributed by atoms with E-state index in [0.717, 1.165) is 52.9 Å². The molecule has 174 valence electrons. The van der Waals surface area contributed by atoms with Crippen LogP contribution in [0.5, 0.6) is 0 Å². The van der Waals surface area contributed by atoms with Crippen LogP contribution in [0.1, 0.15) is 53.6 Å². The van der Waals surface area contributed by atoms with Gasteiger partial charge in [-0.1, -0.05) is 79.2 Å². The topological polar surface area (TPSA) is 48.1 Å². The van der Waals surface area contributed by atoms with Crippen LogP contribution in [-0.2, 0) is 0 Å². The maximum atomic E-state index is 16.2. The zero-order valence-electron chi connectivity index (χ0n) is 19.3. The molecule has 0 saturated heterocycles. The minimum absolute atomic E-state index is 0.203. The van der Waals surface area contributed by atoms with Gasteiger partial charge in [0.2, 0.25) is 0 Å². The number of alkyl halides is 1. The molecule has 0 bridgehead atoms. The van der Waals surface area contributed by atoms with Gasteiger partial charge in [0.05, 0.1) is 11.4 Å². The van der Waals surface area contributed by atoms with Crippen LogP contribution in [0.25, 0.3) is 24.3 Å². The smallest absolute Gasteiger partial charge is 0.198 e. The molecule has 1 aromatic heterocycles. The Morgan fingerprint density at radius 1 is 0.829 bits per heavy atom. The van der Waals surface area contributed by atoms with Crippen molar-refractivity contribution in [2.75, 3.05) is 5.01 Å². The Hall–Kier alpha value is -4.03. The van der Waals surface area contributed by atoms with Gasteiger partial charge in [0.15, 0.2) is 6.30 Å². The number of anilines is 2. The highest BCUT2D eigenvalue weighted by Gasteiger charge is 2.44. The Morgan fingerprint density at radius 3 is 2.31 bits per heavy atom. The lowest BCUT2D eigenvalue weighted by Crippen LogP contribution is -2.46. The molecule has 6 heteroatoms. The van der Waals surface area contributed by atoms with Crippen molar-refractivity contribution in [2.24, 2.45) is 0 Å². The number of aromatic nitrogens is 3. The molecule has 2 aliphatic rings. The van der Waals surface area contributed by atoms with Gasteiger partial charge < -0.3 is 0 Å². The number of nitrogens with zero attached hydrogens (tertiary/aromatic N) is 4. The van der Waals surface area contributed by atoms with E-state index in [1.165, 1.54) is 6.33 Å². The van der Waals surface area contributed by atoms with Gasteiger partial charge >= 0.3 is 0 Å². The number of halogens is 1. The Kier molecular flexibility index (Phi) is 5.72. The summed E-state index contributed by atoms with van der Waals surface area (Å²) in [7, 11) is 0. The molecule has 1 aliphatic heterocycles. The molecule has 1 saturated carbocycles. The predicted molar refractivity (Wildman–Crippen MR) is 139 cm³/mol. The molecule has 1 aliphatic carbocycles. The van der Waals surface area contributed by atoms with Crippen molar-refractivity contribution in [1.29, 1.82) is 0 Å². The number of nitrogens with one attached hydrogen (secondary N) is 1. The standard InChI is InChI=1S/C29H26FN5/c30-29-28-23(16-12-21-6-2-1-3-7-21)8-4-11-26(28)34(35(29)24-9-5-10-24)25-17-13-22(14-18-25)15-19-27-31-20-32-33-27/h1-4,6-8,11-20,24,29H,5,9-10H2,(H,31,32,33)/b16-12+,19-15+. The van der Waals surface area contributed by atoms with Crippen molar-refractivity contribution in [3.63, 3.8) is 0 Å². The van der Waals surface area contributed by atoms with Crippen molar-refractivity contribution in [3.8, 4) is 0 Å². The van der Waals surface area contributed by atoms with Crippen LogP contribution < -0.4 is 5.01 Å². The van der Waals surface area contributed by atoms with E-state index in [1.807, 2.05) is 77.8 Å². The Balaban J connectivity index is 1.35. The first-order valence-electron chi connectivity index (χ1n) is 12.0. The first-order chi connectivity index (χ1) is 17.3. The second-order valence-corrected chi connectivity index (χ2v) is 8.93. The molecule has 0 radical (unpaired) electrons. The van der Waals surface area contributed by atoms with Crippen molar-refractivity contribution in [1.82, 2.24) is 20.2 Å². The van der Waals surface area contributed by atoms with Crippen molar-refractivity contribution >= 4 is 35.7 Å². The molecule has 3 aromatic carbocycles. The summed E-state index contributed by atoms with van der Waals surface area (Å²) in [6.45, 7) is 0. The Bertz CT molecular complexity index is 1340. The van der Waals surface area contributed by atoms with Crippen LogP contribution in [-0.4, -0.2) is 26.2 Å². The second kappa shape index (κ2) is 9.31. The SMILES string of the molecule is FC1c2c(/C=C/c3ccccc3)cccc2N(c2ccc(/C=C/c3ncn[nH]3)cc2)N1C1CCC1. The molecule has 6 rings (SSSR count). The first-order valence-corrected chi connectivity index (χ1v) is 12.0. The number of H-pyrrole nitrogens is 1. The zero-order chi connectivity index (χ0) is 23.6. The Morgan fingerprint density at radius 2 is 1.60 bits per heavy atom. The minimum atomic E-state index is -1.18. The molecule has 4 aromatic rings. The molecule has 5 nitrogen and oxygen atoms in total. The monoisotopic (exact) mass is 463 g/mol. The summed E-state index contributed by atoms with van der Waals surface area (Å²) in [5.41, 5.74) is 5.65. The van der Waals surface area contributed by atoms with Gasteiger partial charge in [-0.15, -0.1) is 0 Å². The molecular formula is C29H26FN5. The van der Waals surface area contributed by atoms with E-state index in [2.05, 4.69) is 44.5 Å². The van der Waals surface area contributed by atoms with Crippen LogP contribution >= 0.6 is 0 Å². The maximum Gasteiger partial charge on any atom is 0.198 e. The third-order valence-corrected chi connectivity index (χ3v) is 6.76. The molecule has 0 spiro atoms. The van der Waals surface area contributed by atoms with E-state index in [4.69, 9.17) is 0 Å². The van der Waals surface area contributed by atoms with Crippen molar-refractivity contribution in [2.45, 2.75) is 31.6 Å². The molecule has 1 atom stereocenters. The van der Waals surface area contributed by atoms with Gasteiger partial charge in [0.1, 0.15) is 12.2 Å². The minimum Gasteiger partial charge on any atom is -0.271 e. The van der Waals surface area contributed by atoms with Gasteiger partial charge in [-0.05, 0) is 53.8 Å². The molecule has 2 heterocycles. The summed E-state index contributed by atoms with van der Waals surface area (Å²) in [5, 5.41) is 10.7. The van der Waals surface area contributed by atoms with Gasteiger partial charge in [-0.2, -0.15) is 10.1 Å². The van der Waals surface area contributed by atoms with E-state index in [9.17, 15) is 0 Å². The van der Waals surface area contributed by atoms with Crippen LogP contribution in [0, 0.1) is 0 Å². The lowest BCUT2D eigenvalue weighted by atomic mass is 9.92. The van der Waals surface area contributed by atoms with Crippen LogP contribution in [0.15, 0.2) is 79.1 Å². The van der Waals surface area contributed by atoms with Gasteiger partial charge in [0.25, 0.3) is 0 Å². The van der Waals surface area contributed by atoms with Gasteiger partial charge in [-0.3, -0.25) is 10.1 Å². The molecule has 1 N–H and O–H groups in total. The number of hydrogen-bond acceptors (Lipinski definition) is 4. The predicted octanol–water partition coefficient (Wildman–Crippen LogP) is 7.03. The first kappa shape index (κ1) is 21.5. The van der Waals surface area contributed by atoms with Gasteiger partial charge in [0, 0.05) is 11.6 Å². The number of hydrogen-bond donors (Lipinski definition) is 1. The third kappa shape index (κ3) is 4.17. The van der Waals surface area contributed by atoms with E-state index < -0.39 is 6.30 Å². The fourth-order valence-corrected chi connectivity index (χ4v) is 4.74. The van der Waals surface area contributed by atoms with Gasteiger partial charge in [-0.25, -0.2) is 9.37 Å². The lowest BCUT2D eigenvalue weighted by Gasteiger charge is -2.41. The number of aromatic amines is 1. The normalized spacial score (nSPS) is 18.4. The van der Waals surface area contributed by atoms with E-state index >= 15 is 4.39 Å². The van der Waals surface area contributed by atoms with E-state index in [-0.39, 0.29) is 6.04 Å². The summed E-state index contributed by atoms with van der Waals surface area (Å²) in [4.78, 5) is 4.12. The number of benzene rings is 3. The zero-order valence-corrected chi connectivity index (χ0v) is 19.3. The Labute approximate surface area is 204 Å². The fourth-order valence-electron chi connectivity index (χ4n) is 4.74. The summed E-state index contributed by atoms with van der Waals surface area (Å²) in [6, 6.07) is 24.6. The van der Waals surface area contributed by atoms with Crippen LogP contribution in [0.4, 0.5) is 15.8 Å².